The second-order valence-electron chi connectivity index (χ2n) is 6.38. The minimum atomic E-state index is -1.00. The highest BCUT2D eigenvalue weighted by molar-refractivity contribution is 5.91. The standard InChI is InChI=1S/C22H19N3O3/c1-28-20-11-14(9-10-17(20)22(26)27)13-23-16-6-4-5-15(12-16)21-24-18-7-2-3-8-19(18)25-21/h2-12,23H,13H2,1H3,(H,24,25)(H,26,27). The third kappa shape index (κ3) is 3.53. The summed E-state index contributed by atoms with van der Waals surface area (Å²) in [4.78, 5) is 19.2. The molecule has 0 unspecified atom stereocenters. The molecular formula is C22H19N3O3. The average Bonchev–Trinajstić information content (AvgIpc) is 3.16. The van der Waals surface area contributed by atoms with Gasteiger partial charge in [-0.1, -0.05) is 30.3 Å². The lowest BCUT2D eigenvalue weighted by Crippen LogP contribution is -2.04. The lowest BCUT2D eigenvalue weighted by Gasteiger charge is -2.10. The lowest BCUT2D eigenvalue weighted by molar-refractivity contribution is 0.0693. The molecule has 0 amide bonds. The number of hydrogen-bond donors (Lipinski definition) is 3. The van der Waals surface area contributed by atoms with Crippen molar-refractivity contribution >= 4 is 22.7 Å². The molecule has 0 spiro atoms. The number of carboxylic acids is 1. The first-order chi connectivity index (χ1) is 13.6. The Morgan fingerprint density at radius 1 is 1.11 bits per heavy atom. The SMILES string of the molecule is COc1cc(CNc2cccc(-c3nc4ccccc4[nH]3)c2)ccc1C(=O)O. The predicted octanol–water partition coefficient (Wildman–Crippen LogP) is 4.55. The van der Waals surface area contributed by atoms with Crippen LogP contribution in [-0.4, -0.2) is 28.2 Å². The Kier molecular flexibility index (Phi) is 4.68. The number of carbonyl (C=O) groups is 1. The van der Waals surface area contributed by atoms with E-state index >= 15 is 0 Å². The molecule has 4 aromatic rings. The van der Waals surface area contributed by atoms with Gasteiger partial charge in [0.2, 0.25) is 0 Å². The number of fused-ring (bicyclic) bond motifs is 1. The zero-order chi connectivity index (χ0) is 19.5. The number of ether oxygens (including phenoxy) is 1. The van der Waals surface area contributed by atoms with Gasteiger partial charge in [0.25, 0.3) is 0 Å². The number of para-hydroxylation sites is 2. The summed E-state index contributed by atoms with van der Waals surface area (Å²) >= 11 is 0. The summed E-state index contributed by atoms with van der Waals surface area (Å²) in [6, 6.07) is 21.0. The van der Waals surface area contributed by atoms with Crippen LogP contribution in [0.15, 0.2) is 66.7 Å². The summed E-state index contributed by atoms with van der Waals surface area (Å²) in [6.45, 7) is 0.542. The fourth-order valence-corrected chi connectivity index (χ4v) is 3.09. The second kappa shape index (κ2) is 7.44. The van der Waals surface area contributed by atoms with Crippen molar-refractivity contribution in [1.82, 2.24) is 9.97 Å². The molecule has 4 rings (SSSR count). The summed E-state index contributed by atoms with van der Waals surface area (Å²) in [6.07, 6.45) is 0. The van der Waals surface area contributed by atoms with Crippen molar-refractivity contribution in [3.8, 4) is 17.1 Å². The van der Waals surface area contributed by atoms with Gasteiger partial charge in [-0.2, -0.15) is 0 Å². The van der Waals surface area contributed by atoms with Gasteiger partial charge in [-0.3, -0.25) is 0 Å². The van der Waals surface area contributed by atoms with Crippen LogP contribution in [0.3, 0.4) is 0 Å². The first-order valence-corrected chi connectivity index (χ1v) is 8.83. The number of aromatic amines is 1. The van der Waals surface area contributed by atoms with Gasteiger partial charge in [-0.15, -0.1) is 0 Å². The van der Waals surface area contributed by atoms with E-state index in [9.17, 15) is 9.90 Å². The number of benzene rings is 3. The van der Waals surface area contributed by atoms with Crippen molar-refractivity contribution in [2.45, 2.75) is 6.54 Å². The van der Waals surface area contributed by atoms with E-state index < -0.39 is 5.97 Å². The van der Waals surface area contributed by atoms with Gasteiger partial charge in [0.05, 0.1) is 18.1 Å². The molecule has 0 saturated carbocycles. The van der Waals surface area contributed by atoms with Crippen LogP contribution in [0.4, 0.5) is 5.69 Å². The number of rotatable bonds is 6. The van der Waals surface area contributed by atoms with Crippen molar-refractivity contribution in [2.75, 3.05) is 12.4 Å². The Hall–Kier alpha value is -3.80. The number of aromatic carboxylic acids is 1. The topological polar surface area (TPSA) is 87.2 Å². The number of H-pyrrole nitrogens is 1. The number of imidazole rings is 1. The molecule has 0 aliphatic rings. The van der Waals surface area contributed by atoms with Gasteiger partial charge in [0.15, 0.2) is 0 Å². The molecule has 1 heterocycles. The maximum Gasteiger partial charge on any atom is 0.339 e. The number of nitrogens with zero attached hydrogens (tertiary/aromatic N) is 1. The molecule has 0 bridgehead atoms. The zero-order valence-electron chi connectivity index (χ0n) is 15.3. The van der Waals surface area contributed by atoms with Crippen molar-refractivity contribution in [3.05, 3.63) is 77.9 Å². The molecule has 1 aromatic heterocycles. The number of hydrogen-bond acceptors (Lipinski definition) is 4. The van der Waals surface area contributed by atoms with Crippen molar-refractivity contribution < 1.29 is 14.6 Å². The van der Waals surface area contributed by atoms with Gasteiger partial charge in [0.1, 0.15) is 17.1 Å². The average molecular weight is 373 g/mol. The van der Waals surface area contributed by atoms with Crippen molar-refractivity contribution in [1.29, 1.82) is 0 Å². The van der Waals surface area contributed by atoms with Crippen molar-refractivity contribution in [3.63, 3.8) is 0 Å². The molecule has 6 heteroatoms. The molecule has 0 fully saturated rings. The van der Waals surface area contributed by atoms with Crippen molar-refractivity contribution in [2.24, 2.45) is 0 Å². The van der Waals surface area contributed by atoms with Crippen LogP contribution >= 0.6 is 0 Å². The monoisotopic (exact) mass is 373 g/mol. The molecular weight excluding hydrogens is 354 g/mol. The van der Waals surface area contributed by atoms with Crippen LogP contribution in [0.1, 0.15) is 15.9 Å². The number of methoxy groups -OCH3 is 1. The third-order valence-electron chi connectivity index (χ3n) is 4.52. The molecule has 0 aliphatic heterocycles. The van der Waals surface area contributed by atoms with Gasteiger partial charge in [-0.05, 0) is 42.0 Å². The van der Waals surface area contributed by atoms with E-state index in [1.165, 1.54) is 7.11 Å². The fourth-order valence-electron chi connectivity index (χ4n) is 3.09. The van der Waals surface area contributed by atoms with E-state index in [2.05, 4.69) is 15.3 Å². The highest BCUT2D eigenvalue weighted by atomic mass is 16.5. The molecule has 6 nitrogen and oxygen atoms in total. The van der Waals surface area contributed by atoms with Crippen LogP contribution in [0.5, 0.6) is 5.75 Å². The normalized spacial score (nSPS) is 10.8. The summed E-state index contributed by atoms with van der Waals surface area (Å²) < 4.78 is 5.18. The second-order valence-corrected chi connectivity index (χ2v) is 6.38. The first-order valence-electron chi connectivity index (χ1n) is 8.83. The van der Waals surface area contributed by atoms with Gasteiger partial charge in [-0.25, -0.2) is 9.78 Å². The molecule has 0 atom stereocenters. The lowest BCUT2D eigenvalue weighted by atomic mass is 10.1. The molecule has 3 N–H and O–H groups in total. The highest BCUT2D eigenvalue weighted by Gasteiger charge is 2.11. The Labute approximate surface area is 161 Å². The number of nitrogens with one attached hydrogen (secondary N) is 2. The molecule has 0 radical (unpaired) electrons. The first kappa shape index (κ1) is 17.6. The summed E-state index contributed by atoms with van der Waals surface area (Å²) in [5.41, 5.74) is 4.94. The summed E-state index contributed by atoms with van der Waals surface area (Å²) in [5.74, 6) is 0.162. The molecule has 3 aromatic carbocycles. The van der Waals surface area contributed by atoms with Crippen LogP contribution in [0.25, 0.3) is 22.4 Å². The van der Waals surface area contributed by atoms with Crippen LogP contribution in [0, 0.1) is 0 Å². The van der Waals surface area contributed by atoms with E-state index in [1.54, 1.807) is 18.2 Å². The highest BCUT2D eigenvalue weighted by Crippen LogP contribution is 2.24. The summed E-state index contributed by atoms with van der Waals surface area (Å²) in [5, 5.41) is 12.5. The Bertz CT molecular complexity index is 1120. The zero-order valence-corrected chi connectivity index (χ0v) is 15.3. The summed E-state index contributed by atoms with van der Waals surface area (Å²) in [7, 11) is 1.47. The number of aromatic nitrogens is 2. The van der Waals surface area contributed by atoms with Crippen LogP contribution in [0.2, 0.25) is 0 Å². The fraction of sp³-hybridized carbons (Fsp3) is 0.0909. The largest absolute Gasteiger partial charge is 0.496 e. The van der Waals surface area contributed by atoms with E-state index in [1.807, 2.05) is 48.5 Å². The quantitative estimate of drug-likeness (QED) is 0.462. The minimum Gasteiger partial charge on any atom is -0.496 e. The maximum atomic E-state index is 11.2. The maximum absolute atomic E-state index is 11.2. The predicted molar refractivity (Wildman–Crippen MR) is 109 cm³/mol. The van der Waals surface area contributed by atoms with E-state index in [4.69, 9.17) is 4.74 Å². The molecule has 0 aliphatic carbocycles. The van der Waals surface area contributed by atoms with Gasteiger partial charge in [0, 0.05) is 17.8 Å². The van der Waals surface area contributed by atoms with Gasteiger partial charge >= 0.3 is 5.97 Å². The Morgan fingerprint density at radius 2 is 1.96 bits per heavy atom. The van der Waals surface area contributed by atoms with E-state index in [0.717, 1.165) is 33.7 Å². The van der Waals surface area contributed by atoms with E-state index in [0.29, 0.717) is 12.3 Å². The number of carboxylic acid groups (broad SMARTS) is 1. The molecule has 28 heavy (non-hydrogen) atoms. The van der Waals surface area contributed by atoms with Crippen LogP contribution in [-0.2, 0) is 6.54 Å². The van der Waals surface area contributed by atoms with E-state index in [-0.39, 0.29) is 5.56 Å². The molecule has 0 saturated heterocycles. The third-order valence-corrected chi connectivity index (χ3v) is 4.52. The smallest absolute Gasteiger partial charge is 0.339 e. The minimum absolute atomic E-state index is 0.151. The number of anilines is 1. The Morgan fingerprint density at radius 3 is 2.75 bits per heavy atom. The van der Waals surface area contributed by atoms with Crippen LogP contribution < -0.4 is 10.1 Å². The molecule has 140 valence electrons. The van der Waals surface area contributed by atoms with Gasteiger partial charge < -0.3 is 20.1 Å². The Balaban J connectivity index is 1.53.